The number of carbonyl (C=O) groups excluding carboxylic acids is 2. The minimum atomic E-state index is -3.82. The lowest BCUT2D eigenvalue weighted by Crippen LogP contribution is -2.45. The van der Waals surface area contributed by atoms with Crippen LogP contribution in [0.5, 0.6) is 5.75 Å². The summed E-state index contributed by atoms with van der Waals surface area (Å²) in [5, 5.41) is 5.57. The fraction of sp³-hybridized carbons (Fsp3) is 0.391. The standard InChI is InChI=1S/C23H28N4O5S/c1-26(2)18-7-5-16(6-8-18)13-24-23(29)17-4-3-11-27(14-17)33(30,31)19-9-10-21-20(12-19)25-22(28)15-32-21/h5-10,12,17H,3-4,11,13-15H2,1-2H3,(H,24,29)(H,25,28)/t17-/m0/s1. The summed E-state index contributed by atoms with van der Waals surface area (Å²) in [7, 11) is 0.114. The van der Waals surface area contributed by atoms with Crippen LogP contribution in [0, 0.1) is 5.92 Å². The van der Waals surface area contributed by atoms with Crippen LogP contribution in [0.25, 0.3) is 0 Å². The maximum Gasteiger partial charge on any atom is 0.262 e. The smallest absolute Gasteiger partial charge is 0.262 e. The molecule has 10 heteroatoms. The SMILES string of the molecule is CN(C)c1ccc(CNC(=O)[C@H]2CCCN(S(=O)(=O)c3ccc4c(c3)NC(=O)CO4)C2)cc1. The zero-order valence-electron chi connectivity index (χ0n) is 18.7. The molecule has 1 saturated heterocycles. The highest BCUT2D eigenvalue weighted by molar-refractivity contribution is 7.89. The predicted molar refractivity (Wildman–Crippen MR) is 125 cm³/mol. The highest BCUT2D eigenvalue weighted by atomic mass is 32.2. The number of ether oxygens (including phenoxy) is 1. The molecule has 0 saturated carbocycles. The highest BCUT2D eigenvalue weighted by Crippen LogP contribution is 2.32. The van der Waals surface area contributed by atoms with Crippen molar-refractivity contribution < 1.29 is 22.7 Å². The van der Waals surface area contributed by atoms with Gasteiger partial charge in [-0.05, 0) is 48.7 Å². The molecule has 1 atom stereocenters. The predicted octanol–water partition coefficient (Wildman–Crippen LogP) is 1.80. The van der Waals surface area contributed by atoms with Crippen molar-refractivity contribution in [3.63, 3.8) is 0 Å². The molecule has 33 heavy (non-hydrogen) atoms. The fourth-order valence-corrected chi connectivity index (χ4v) is 5.54. The number of nitrogens with one attached hydrogen (secondary N) is 2. The number of fused-ring (bicyclic) bond motifs is 1. The maximum absolute atomic E-state index is 13.2. The molecule has 2 aliphatic rings. The molecule has 0 unspecified atom stereocenters. The molecule has 2 aliphatic heterocycles. The van der Waals surface area contributed by atoms with Crippen molar-refractivity contribution in [3.05, 3.63) is 48.0 Å². The van der Waals surface area contributed by atoms with E-state index in [0.29, 0.717) is 37.4 Å². The number of anilines is 2. The summed E-state index contributed by atoms with van der Waals surface area (Å²) in [5.74, 6) is -0.473. The number of piperidine rings is 1. The van der Waals surface area contributed by atoms with Crippen LogP contribution in [0.4, 0.5) is 11.4 Å². The van der Waals surface area contributed by atoms with Gasteiger partial charge in [0.05, 0.1) is 16.5 Å². The molecule has 9 nitrogen and oxygen atoms in total. The highest BCUT2D eigenvalue weighted by Gasteiger charge is 2.34. The Morgan fingerprint density at radius 3 is 2.70 bits per heavy atom. The minimum absolute atomic E-state index is 0.0640. The molecule has 4 rings (SSSR count). The van der Waals surface area contributed by atoms with Gasteiger partial charge in [-0.2, -0.15) is 4.31 Å². The lowest BCUT2D eigenvalue weighted by atomic mass is 9.99. The first-order valence-corrected chi connectivity index (χ1v) is 12.3. The van der Waals surface area contributed by atoms with Crippen molar-refractivity contribution in [2.24, 2.45) is 5.92 Å². The Kier molecular flexibility index (Phi) is 6.57. The molecule has 0 bridgehead atoms. The van der Waals surface area contributed by atoms with Crippen molar-refractivity contribution >= 4 is 33.2 Å². The average Bonchev–Trinajstić information content (AvgIpc) is 2.82. The summed E-state index contributed by atoms with van der Waals surface area (Å²) < 4.78 is 33.1. The molecule has 2 heterocycles. The molecule has 2 N–H and O–H groups in total. The van der Waals surface area contributed by atoms with Gasteiger partial charge in [-0.3, -0.25) is 9.59 Å². The number of rotatable bonds is 6. The zero-order chi connectivity index (χ0) is 23.6. The Morgan fingerprint density at radius 2 is 1.97 bits per heavy atom. The fourth-order valence-electron chi connectivity index (χ4n) is 3.99. The lowest BCUT2D eigenvalue weighted by Gasteiger charge is -2.31. The molecule has 2 amide bonds. The molecular weight excluding hydrogens is 444 g/mol. The Bertz CT molecular complexity index is 1150. The van der Waals surface area contributed by atoms with Gasteiger partial charge in [0, 0.05) is 39.4 Å². The molecular formula is C23H28N4O5S. The van der Waals surface area contributed by atoms with E-state index in [2.05, 4.69) is 10.6 Å². The molecule has 0 spiro atoms. The Hall–Kier alpha value is -3.11. The number of sulfonamides is 1. The molecule has 176 valence electrons. The van der Waals surface area contributed by atoms with E-state index in [1.807, 2.05) is 43.3 Å². The van der Waals surface area contributed by atoms with E-state index >= 15 is 0 Å². The summed E-state index contributed by atoms with van der Waals surface area (Å²) in [6, 6.07) is 12.3. The second-order valence-electron chi connectivity index (χ2n) is 8.48. The summed E-state index contributed by atoms with van der Waals surface area (Å²) in [6.07, 6.45) is 1.23. The molecule has 1 fully saturated rings. The van der Waals surface area contributed by atoms with Crippen LogP contribution in [0.1, 0.15) is 18.4 Å². The topological polar surface area (TPSA) is 108 Å². The quantitative estimate of drug-likeness (QED) is 0.664. The second-order valence-corrected chi connectivity index (χ2v) is 10.4. The van der Waals surface area contributed by atoms with Gasteiger partial charge in [0.1, 0.15) is 5.75 Å². The number of hydrogen-bond donors (Lipinski definition) is 2. The van der Waals surface area contributed by atoms with E-state index in [1.165, 1.54) is 22.5 Å². The monoisotopic (exact) mass is 472 g/mol. The Balaban J connectivity index is 1.40. The first kappa shape index (κ1) is 23.1. The summed E-state index contributed by atoms with van der Waals surface area (Å²) in [5.41, 5.74) is 2.39. The number of nitrogens with zero attached hydrogens (tertiary/aromatic N) is 2. The number of carbonyl (C=O) groups is 2. The van der Waals surface area contributed by atoms with Crippen LogP contribution in [-0.4, -0.2) is 58.3 Å². The van der Waals surface area contributed by atoms with Crippen molar-refractivity contribution in [1.29, 1.82) is 0 Å². The van der Waals surface area contributed by atoms with Gasteiger partial charge in [-0.25, -0.2) is 8.42 Å². The minimum Gasteiger partial charge on any atom is -0.482 e. The van der Waals surface area contributed by atoms with Gasteiger partial charge in [0.2, 0.25) is 15.9 Å². The first-order chi connectivity index (χ1) is 15.7. The molecule has 2 aromatic carbocycles. The summed E-state index contributed by atoms with van der Waals surface area (Å²) in [4.78, 5) is 26.4. The van der Waals surface area contributed by atoms with Gasteiger partial charge >= 0.3 is 0 Å². The summed E-state index contributed by atoms with van der Waals surface area (Å²) >= 11 is 0. The second kappa shape index (κ2) is 9.40. The number of hydrogen-bond acceptors (Lipinski definition) is 6. The van der Waals surface area contributed by atoms with Gasteiger partial charge < -0.3 is 20.3 Å². The molecule has 0 radical (unpaired) electrons. The lowest BCUT2D eigenvalue weighted by molar-refractivity contribution is -0.126. The average molecular weight is 473 g/mol. The summed E-state index contributed by atoms with van der Waals surface area (Å²) in [6.45, 7) is 0.758. The van der Waals surface area contributed by atoms with E-state index in [-0.39, 0.29) is 29.9 Å². The third-order valence-corrected chi connectivity index (χ3v) is 7.76. The zero-order valence-corrected chi connectivity index (χ0v) is 19.5. The van der Waals surface area contributed by atoms with Crippen molar-refractivity contribution in [2.45, 2.75) is 24.3 Å². The van der Waals surface area contributed by atoms with Crippen molar-refractivity contribution in [2.75, 3.05) is 44.0 Å². The van der Waals surface area contributed by atoms with E-state index in [4.69, 9.17) is 4.74 Å². The normalized spacial score (nSPS) is 18.6. The third kappa shape index (κ3) is 5.12. The van der Waals surface area contributed by atoms with Crippen LogP contribution < -0.4 is 20.3 Å². The van der Waals surface area contributed by atoms with Gasteiger partial charge in [-0.1, -0.05) is 12.1 Å². The van der Waals surface area contributed by atoms with Crippen LogP contribution in [-0.2, 0) is 26.2 Å². The molecule has 0 aliphatic carbocycles. The van der Waals surface area contributed by atoms with Gasteiger partial charge in [0.15, 0.2) is 6.61 Å². The largest absolute Gasteiger partial charge is 0.482 e. The van der Waals surface area contributed by atoms with Crippen LogP contribution in [0.3, 0.4) is 0 Å². The van der Waals surface area contributed by atoms with E-state index in [9.17, 15) is 18.0 Å². The van der Waals surface area contributed by atoms with E-state index in [0.717, 1.165) is 11.3 Å². The first-order valence-electron chi connectivity index (χ1n) is 10.8. The maximum atomic E-state index is 13.2. The number of amides is 2. The molecule has 2 aromatic rings. The number of benzene rings is 2. The third-order valence-electron chi connectivity index (χ3n) is 5.90. The van der Waals surface area contributed by atoms with Gasteiger partial charge in [-0.15, -0.1) is 0 Å². The Morgan fingerprint density at radius 1 is 1.21 bits per heavy atom. The van der Waals surface area contributed by atoms with Crippen molar-refractivity contribution in [3.8, 4) is 5.75 Å². The van der Waals surface area contributed by atoms with E-state index < -0.39 is 15.9 Å². The van der Waals surface area contributed by atoms with E-state index in [1.54, 1.807) is 0 Å². The van der Waals surface area contributed by atoms with Crippen LogP contribution in [0.15, 0.2) is 47.4 Å². The Labute approximate surface area is 193 Å². The van der Waals surface area contributed by atoms with Gasteiger partial charge in [0.25, 0.3) is 5.91 Å². The van der Waals surface area contributed by atoms with Crippen LogP contribution >= 0.6 is 0 Å². The van der Waals surface area contributed by atoms with Crippen molar-refractivity contribution in [1.82, 2.24) is 9.62 Å². The van der Waals surface area contributed by atoms with Crippen LogP contribution in [0.2, 0.25) is 0 Å². The molecule has 0 aromatic heterocycles.